The van der Waals surface area contributed by atoms with E-state index in [4.69, 9.17) is 9.47 Å². The van der Waals surface area contributed by atoms with E-state index in [1.807, 2.05) is 42.7 Å². The van der Waals surface area contributed by atoms with Crippen molar-refractivity contribution in [3.63, 3.8) is 0 Å². The Morgan fingerprint density at radius 3 is 1.63 bits per heavy atom. The number of carbonyl (C=O) groups is 3. The van der Waals surface area contributed by atoms with Crippen molar-refractivity contribution >= 4 is 17.7 Å². The minimum Gasteiger partial charge on any atom is -0.468 e. The standard InChI is InChI=1S/C26H32N4O5/c1-24(2,3)30-15-25(22(32)34-5)19(17-11-7-9-13-27-17)29(4)20(18-12-8-10-14-28-18)26(16-30,21(25)31)23(33)35-6/h7-14,19-20H,15-16H2,1-6H3/t19-,20+,25-,26+. The molecule has 35 heavy (non-hydrogen) atoms. The molecule has 0 radical (unpaired) electrons. The van der Waals surface area contributed by atoms with Gasteiger partial charge in [0.1, 0.15) is 0 Å². The number of nitrogens with zero attached hydrogens (tertiary/aromatic N) is 4. The normalized spacial score (nSPS) is 29.5. The van der Waals surface area contributed by atoms with Crippen molar-refractivity contribution in [3.05, 3.63) is 60.2 Å². The lowest BCUT2D eigenvalue weighted by atomic mass is 9.54. The summed E-state index contributed by atoms with van der Waals surface area (Å²) in [5.41, 5.74) is -2.85. The van der Waals surface area contributed by atoms with Crippen LogP contribution < -0.4 is 0 Å². The molecule has 0 N–H and O–H groups in total. The average molecular weight is 481 g/mol. The quantitative estimate of drug-likeness (QED) is 0.481. The summed E-state index contributed by atoms with van der Waals surface area (Å²) in [4.78, 5) is 55.1. The first-order valence-corrected chi connectivity index (χ1v) is 11.6. The zero-order valence-electron chi connectivity index (χ0n) is 21.0. The van der Waals surface area contributed by atoms with Gasteiger partial charge in [-0.05, 0) is 52.1 Å². The number of likely N-dealkylation sites (tertiary alicyclic amines) is 2. The van der Waals surface area contributed by atoms with Gasteiger partial charge >= 0.3 is 11.9 Å². The number of hydrogen-bond acceptors (Lipinski definition) is 9. The van der Waals surface area contributed by atoms with Gasteiger partial charge in [-0.1, -0.05) is 12.1 Å². The summed E-state index contributed by atoms with van der Waals surface area (Å²) in [5, 5.41) is 0. The molecular formula is C26H32N4O5. The zero-order chi connectivity index (χ0) is 25.6. The Hall–Kier alpha value is -3.17. The number of aromatic nitrogens is 2. The number of piperidine rings is 2. The number of ether oxygens (including phenoxy) is 2. The third-order valence-electron chi connectivity index (χ3n) is 7.42. The van der Waals surface area contributed by atoms with Crippen molar-refractivity contribution in [2.24, 2.45) is 10.8 Å². The number of ketones is 1. The summed E-state index contributed by atoms with van der Waals surface area (Å²) < 4.78 is 10.6. The van der Waals surface area contributed by atoms with Gasteiger partial charge in [-0.2, -0.15) is 0 Å². The Bertz CT molecular complexity index is 1040. The van der Waals surface area contributed by atoms with E-state index in [-0.39, 0.29) is 13.1 Å². The molecule has 4 rings (SSSR count). The molecule has 2 aliphatic rings. The van der Waals surface area contributed by atoms with Crippen LogP contribution in [0, 0.1) is 10.8 Å². The highest BCUT2D eigenvalue weighted by atomic mass is 16.5. The molecule has 0 aromatic carbocycles. The second-order valence-electron chi connectivity index (χ2n) is 10.3. The number of Topliss-reactive ketones (excluding diaryl/α,β-unsaturated/α-hetero) is 1. The van der Waals surface area contributed by atoms with Gasteiger partial charge in [0.2, 0.25) is 0 Å². The van der Waals surface area contributed by atoms with Crippen LogP contribution in [0.4, 0.5) is 0 Å². The Morgan fingerprint density at radius 2 is 1.31 bits per heavy atom. The first kappa shape index (κ1) is 24.9. The summed E-state index contributed by atoms with van der Waals surface area (Å²) in [6.07, 6.45) is 3.25. The highest BCUT2D eigenvalue weighted by molar-refractivity contribution is 6.17. The highest BCUT2D eigenvalue weighted by Crippen LogP contribution is 2.60. The average Bonchev–Trinajstić information content (AvgIpc) is 2.84. The Morgan fingerprint density at radius 1 is 0.886 bits per heavy atom. The van der Waals surface area contributed by atoms with Gasteiger partial charge in [0.25, 0.3) is 0 Å². The van der Waals surface area contributed by atoms with Crippen molar-refractivity contribution in [2.75, 3.05) is 34.4 Å². The van der Waals surface area contributed by atoms with Crippen LogP contribution in [0.15, 0.2) is 48.8 Å². The molecule has 4 atom stereocenters. The molecule has 186 valence electrons. The van der Waals surface area contributed by atoms with E-state index in [0.717, 1.165) is 0 Å². The topological polar surface area (TPSA) is 102 Å². The predicted octanol–water partition coefficient (Wildman–Crippen LogP) is 2.21. The maximum atomic E-state index is 14.7. The molecule has 0 aliphatic carbocycles. The van der Waals surface area contributed by atoms with Crippen LogP contribution in [-0.2, 0) is 23.9 Å². The summed E-state index contributed by atoms with van der Waals surface area (Å²) in [5.74, 6) is -1.92. The van der Waals surface area contributed by atoms with Gasteiger partial charge < -0.3 is 9.47 Å². The summed E-state index contributed by atoms with van der Waals surface area (Å²) in [6, 6.07) is 9.14. The van der Waals surface area contributed by atoms with Gasteiger partial charge in [-0.3, -0.25) is 34.2 Å². The zero-order valence-corrected chi connectivity index (χ0v) is 21.0. The lowest BCUT2D eigenvalue weighted by molar-refractivity contribution is -0.207. The SMILES string of the molecule is COC(=O)[C@]12CN(C(C)(C)C)C[C@](C(=O)OC)(C1=O)[C@@H](c1ccccn1)N(C)[C@H]2c1ccccn1. The first-order valence-electron chi connectivity index (χ1n) is 11.6. The van der Waals surface area contributed by atoms with Crippen LogP contribution >= 0.6 is 0 Å². The molecule has 2 fully saturated rings. The maximum absolute atomic E-state index is 14.7. The lowest BCUT2D eigenvalue weighted by Crippen LogP contribution is -2.77. The van der Waals surface area contributed by atoms with Crippen molar-refractivity contribution in [3.8, 4) is 0 Å². The lowest BCUT2D eigenvalue weighted by Gasteiger charge is -2.62. The fraction of sp³-hybridized carbons (Fsp3) is 0.500. The number of methoxy groups -OCH3 is 2. The van der Waals surface area contributed by atoms with Crippen LogP contribution in [0.2, 0.25) is 0 Å². The summed E-state index contributed by atoms with van der Waals surface area (Å²) in [6.45, 7) is 6.11. The number of fused-ring (bicyclic) bond motifs is 2. The van der Waals surface area contributed by atoms with E-state index in [9.17, 15) is 14.4 Å². The monoisotopic (exact) mass is 480 g/mol. The molecule has 9 heteroatoms. The Balaban J connectivity index is 2.11. The van der Waals surface area contributed by atoms with Gasteiger partial charge in [-0.25, -0.2) is 0 Å². The van der Waals surface area contributed by atoms with Gasteiger partial charge in [0.15, 0.2) is 16.6 Å². The predicted molar refractivity (Wildman–Crippen MR) is 127 cm³/mol. The molecule has 2 bridgehead atoms. The molecule has 0 amide bonds. The van der Waals surface area contributed by atoms with Gasteiger partial charge in [-0.15, -0.1) is 0 Å². The fourth-order valence-corrected chi connectivity index (χ4v) is 5.84. The van der Waals surface area contributed by atoms with Crippen LogP contribution in [0.5, 0.6) is 0 Å². The number of esters is 2. The van der Waals surface area contributed by atoms with Crippen LogP contribution in [-0.4, -0.2) is 77.4 Å². The van der Waals surface area contributed by atoms with Crippen molar-refractivity contribution in [2.45, 2.75) is 38.4 Å². The van der Waals surface area contributed by atoms with E-state index < -0.39 is 46.2 Å². The second kappa shape index (κ2) is 8.80. The third-order valence-corrected chi connectivity index (χ3v) is 7.42. The van der Waals surface area contributed by atoms with Gasteiger partial charge in [0, 0.05) is 31.0 Å². The van der Waals surface area contributed by atoms with Crippen LogP contribution in [0.3, 0.4) is 0 Å². The molecule has 2 aliphatic heterocycles. The van der Waals surface area contributed by atoms with E-state index in [1.54, 1.807) is 43.7 Å². The van der Waals surface area contributed by atoms with Gasteiger partial charge in [0.05, 0.1) is 37.7 Å². The van der Waals surface area contributed by atoms with Crippen molar-refractivity contribution in [1.82, 2.24) is 19.8 Å². The fourth-order valence-electron chi connectivity index (χ4n) is 5.84. The first-order chi connectivity index (χ1) is 16.6. The van der Waals surface area contributed by atoms with E-state index in [0.29, 0.717) is 11.4 Å². The van der Waals surface area contributed by atoms with E-state index in [1.165, 1.54) is 14.2 Å². The van der Waals surface area contributed by atoms with Crippen molar-refractivity contribution in [1.29, 1.82) is 0 Å². The third kappa shape index (κ3) is 3.56. The van der Waals surface area contributed by atoms with Crippen LogP contribution in [0.25, 0.3) is 0 Å². The number of rotatable bonds is 4. The molecule has 0 unspecified atom stereocenters. The molecule has 9 nitrogen and oxygen atoms in total. The van der Waals surface area contributed by atoms with Crippen molar-refractivity contribution < 1.29 is 23.9 Å². The Labute approximate surface area is 205 Å². The minimum atomic E-state index is -1.72. The number of pyridine rings is 2. The summed E-state index contributed by atoms with van der Waals surface area (Å²) in [7, 11) is 4.33. The molecule has 2 aromatic heterocycles. The van der Waals surface area contributed by atoms with Crippen LogP contribution in [0.1, 0.15) is 44.2 Å². The second-order valence-corrected chi connectivity index (χ2v) is 10.3. The maximum Gasteiger partial charge on any atom is 0.322 e. The summed E-state index contributed by atoms with van der Waals surface area (Å²) >= 11 is 0. The minimum absolute atomic E-state index is 0.0707. The molecule has 4 heterocycles. The molecule has 2 saturated heterocycles. The largest absolute Gasteiger partial charge is 0.468 e. The van der Waals surface area contributed by atoms with E-state index in [2.05, 4.69) is 9.97 Å². The van der Waals surface area contributed by atoms with E-state index >= 15 is 0 Å². The smallest absolute Gasteiger partial charge is 0.322 e. The molecule has 0 saturated carbocycles. The number of hydrogen-bond donors (Lipinski definition) is 0. The number of carbonyl (C=O) groups excluding carboxylic acids is 3. The molecule has 2 aromatic rings. The molecular weight excluding hydrogens is 448 g/mol. The Kier molecular flexibility index (Phi) is 6.27. The highest BCUT2D eigenvalue weighted by Gasteiger charge is 2.75. The molecule has 0 spiro atoms.